The smallest absolute Gasteiger partial charge is 0.278 e. The van der Waals surface area contributed by atoms with Gasteiger partial charge in [0.1, 0.15) is 23.6 Å². The van der Waals surface area contributed by atoms with Gasteiger partial charge >= 0.3 is 0 Å². The second kappa shape index (κ2) is 6.94. The van der Waals surface area contributed by atoms with E-state index >= 15 is 0 Å². The number of hydrogen-bond acceptors (Lipinski definition) is 7. The van der Waals surface area contributed by atoms with Crippen molar-refractivity contribution in [1.82, 2.24) is 24.1 Å². The summed E-state index contributed by atoms with van der Waals surface area (Å²) in [5.41, 5.74) is 1.48. The van der Waals surface area contributed by atoms with Gasteiger partial charge in [0.25, 0.3) is 11.4 Å². The predicted molar refractivity (Wildman–Crippen MR) is 105 cm³/mol. The van der Waals surface area contributed by atoms with Gasteiger partial charge in [0, 0.05) is 6.61 Å². The van der Waals surface area contributed by atoms with E-state index in [0.717, 1.165) is 12.8 Å². The lowest BCUT2D eigenvalue weighted by molar-refractivity contribution is 0.0835. The molecule has 0 saturated carbocycles. The SMILES string of the molecule is CC(CO)n1c(=O)c2c(-c3noc(C4CCCO4)n3)ncn2c2cccc(Cl)c21. The molecular formula is C19H18ClN5O4. The summed E-state index contributed by atoms with van der Waals surface area (Å²) in [5, 5.41) is 14.2. The summed E-state index contributed by atoms with van der Waals surface area (Å²) in [6, 6.07) is 4.87. The van der Waals surface area contributed by atoms with Crippen LogP contribution >= 0.6 is 11.6 Å². The Morgan fingerprint density at radius 2 is 2.24 bits per heavy atom. The van der Waals surface area contributed by atoms with Gasteiger partial charge in [-0.15, -0.1) is 0 Å². The molecule has 0 amide bonds. The van der Waals surface area contributed by atoms with Crippen LogP contribution in [0.2, 0.25) is 5.02 Å². The number of aliphatic hydroxyl groups is 1. The zero-order valence-corrected chi connectivity index (χ0v) is 16.3. The molecule has 4 aromatic rings. The van der Waals surface area contributed by atoms with Gasteiger partial charge in [0.2, 0.25) is 5.82 Å². The quantitative estimate of drug-likeness (QED) is 0.546. The average Bonchev–Trinajstić information content (AvgIpc) is 3.47. The fraction of sp³-hybridized carbons (Fsp3) is 0.368. The first-order chi connectivity index (χ1) is 14.1. The molecule has 150 valence electrons. The highest BCUT2D eigenvalue weighted by atomic mass is 35.5. The monoisotopic (exact) mass is 415 g/mol. The standard InChI is InChI=1S/C19H18ClN5O4/c1-10(8-26)25-15-11(20)4-2-5-12(15)24-9-21-14(16(24)19(25)27)17-22-18(29-23-17)13-6-3-7-28-13/h2,4-5,9-10,13,26H,3,6-8H2,1H3. The normalized spacial score (nSPS) is 18.1. The summed E-state index contributed by atoms with van der Waals surface area (Å²) in [6.45, 7) is 2.19. The Hall–Kier alpha value is -2.75. The number of aliphatic hydroxyl groups excluding tert-OH is 1. The van der Waals surface area contributed by atoms with Crippen LogP contribution in [-0.2, 0) is 4.74 Å². The van der Waals surface area contributed by atoms with Crippen molar-refractivity contribution in [2.45, 2.75) is 31.9 Å². The van der Waals surface area contributed by atoms with Crippen molar-refractivity contribution >= 4 is 28.2 Å². The number of fused-ring (bicyclic) bond motifs is 3. The highest BCUT2D eigenvalue weighted by Gasteiger charge is 2.27. The lowest BCUT2D eigenvalue weighted by atomic mass is 10.2. The predicted octanol–water partition coefficient (Wildman–Crippen LogP) is 2.76. The van der Waals surface area contributed by atoms with Crippen molar-refractivity contribution in [3.8, 4) is 11.5 Å². The third-order valence-corrected chi connectivity index (χ3v) is 5.52. The van der Waals surface area contributed by atoms with Crippen LogP contribution in [0.15, 0.2) is 33.8 Å². The van der Waals surface area contributed by atoms with E-state index in [-0.39, 0.29) is 24.1 Å². The number of nitrogens with zero attached hydrogens (tertiary/aromatic N) is 5. The van der Waals surface area contributed by atoms with Crippen LogP contribution in [0.5, 0.6) is 0 Å². The van der Waals surface area contributed by atoms with Gasteiger partial charge in [-0.3, -0.25) is 13.8 Å². The van der Waals surface area contributed by atoms with Crippen LogP contribution in [0.25, 0.3) is 28.1 Å². The first-order valence-corrected chi connectivity index (χ1v) is 9.74. The molecule has 2 atom stereocenters. The molecule has 4 heterocycles. The Labute approximate surface area is 169 Å². The molecule has 29 heavy (non-hydrogen) atoms. The Morgan fingerprint density at radius 3 is 3.00 bits per heavy atom. The molecule has 0 aliphatic carbocycles. The van der Waals surface area contributed by atoms with Crippen LogP contribution in [0, 0.1) is 0 Å². The molecule has 0 bridgehead atoms. The van der Waals surface area contributed by atoms with E-state index in [4.69, 9.17) is 20.9 Å². The van der Waals surface area contributed by atoms with E-state index in [1.54, 1.807) is 29.8 Å². The maximum atomic E-state index is 13.4. The van der Waals surface area contributed by atoms with Gasteiger partial charge in [-0.1, -0.05) is 22.8 Å². The molecule has 9 nitrogen and oxygen atoms in total. The highest BCUT2D eigenvalue weighted by molar-refractivity contribution is 6.35. The van der Waals surface area contributed by atoms with E-state index < -0.39 is 6.04 Å². The zero-order chi connectivity index (χ0) is 20.1. The third kappa shape index (κ3) is 2.77. The first kappa shape index (κ1) is 18.3. The summed E-state index contributed by atoms with van der Waals surface area (Å²) in [5.74, 6) is 0.603. The van der Waals surface area contributed by atoms with Gasteiger partial charge in [-0.2, -0.15) is 4.98 Å². The second-order valence-electron chi connectivity index (χ2n) is 7.08. The number of halogens is 1. The van der Waals surface area contributed by atoms with Crippen LogP contribution < -0.4 is 5.56 Å². The van der Waals surface area contributed by atoms with E-state index in [1.165, 1.54) is 4.57 Å². The summed E-state index contributed by atoms with van der Waals surface area (Å²) < 4.78 is 14.1. The summed E-state index contributed by atoms with van der Waals surface area (Å²) in [4.78, 5) is 22.2. The first-order valence-electron chi connectivity index (χ1n) is 9.36. The minimum Gasteiger partial charge on any atom is -0.394 e. The van der Waals surface area contributed by atoms with Crippen LogP contribution in [0.1, 0.15) is 37.8 Å². The van der Waals surface area contributed by atoms with E-state index in [1.807, 2.05) is 6.07 Å². The fourth-order valence-corrected chi connectivity index (χ4v) is 4.05. The van der Waals surface area contributed by atoms with Crippen LogP contribution in [-0.4, -0.2) is 42.4 Å². The second-order valence-corrected chi connectivity index (χ2v) is 7.49. The largest absolute Gasteiger partial charge is 0.394 e. The van der Waals surface area contributed by atoms with Crippen LogP contribution in [0.3, 0.4) is 0 Å². The molecule has 0 radical (unpaired) electrons. The summed E-state index contributed by atoms with van der Waals surface area (Å²) >= 11 is 6.41. The lowest BCUT2D eigenvalue weighted by Crippen LogP contribution is -2.27. The summed E-state index contributed by atoms with van der Waals surface area (Å²) in [7, 11) is 0. The molecule has 1 saturated heterocycles. The van der Waals surface area contributed by atoms with Gasteiger partial charge in [0.15, 0.2) is 0 Å². The van der Waals surface area contributed by atoms with Crippen molar-refractivity contribution in [3.63, 3.8) is 0 Å². The Morgan fingerprint density at radius 1 is 1.38 bits per heavy atom. The molecule has 1 fully saturated rings. The maximum absolute atomic E-state index is 13.4. The molecule has 10 heteroatoms. The minimum atomic E-state index is -0.481. The number of aromatic nitrogens is 5. The van der Waals surface area contributed by atoms with E-state index in [9.17, 15) is 9.90 Å². The van der Waals surface area contributed by atoms with Crippen molar-refractivity contribution in [2.75, 3.05) is 13.2 Å². The highest BCUT2D eigenvalue weighted by Crippen LogP contribution is 2.31. The third-order valence-electron chi connectivity index (χ3n) is 5.22. The van der Waals surface area contributed by atoms with Gasteiger partial charge in [0.05, 0.1) is 28.7 Å². The van der Waals surface area contributed by atoms with E-state index in [2.05, 4.69) is 15.1 Å². The van der Waals surface area contributed by atoms with Crippen molar-refractivity contribution in [1.29, 1.82) is 0 Å². The zero-order valence-electron chi connectivity index (χ0n) is 15.6. The maximum Gasteiger partial charge on any atom is 0.278 e. The number of hydrogen-bond donors (Lipinski definition) is 1. The Kier molecular flexibility index (Phi) is 4.38. The number of para-hydroxylation sites is 1. The summed E-state index contributed by atoms with van der Waals surface area (Å²) in [6.07, 6.45) is 3.07. The van der Waals surface area contributed by atoms with Gasteiger partial charge < -0.3 is 14.4 Å². The topological polar surface area (TPSA) is 108 Å². The Balaban J connectivity index is 1.78. The molecule has 1 N–H and O–H groups in total. The number of ether oxygens (including phenoxy) is 1. The van der Waals surface area contributed by atoms with Crippen molar-refractivity contribution < 1.29 is 14.4 Å². The van der Waals surface area contributed by atoms with Crippen molar-refractivity contribution in [2.24, 2.45) is 0 Å². The van der Waals surface area contributed by atoms with Crippen LogP contribution in [0.4, 0.5) is 0 Å². The van der Waals surface area contributed by atoms with Crippen molar-refractivity contribution in [3.05, 3.63) is 45.8 Å². The molecule has 1 aromatic carbocycles. The van der Waals surface area contributed by atoms with Gasteiger partial charge in [-0.25, -0.2) is 4.98 Å². The Bertz CT molecular complexity index is 1270. The molecule has 0 spiro atoms. The number of rotatable bonds is 4. The molecular weight excluding hydrogens is 398 g/mol. The molecule has 2 unspecified atom stereocenters. The average molecular weight is 416 g/mol. The lowest BCUT2D eigenvalue weighted by Gasteiger charge is -2.18. The molecule has 1 aliphatic heterocycles. The molecule has 3 aromatic heterocycles. The number of benzene rings is 1. The molecule has 5 rings (SSSR count). The van der Waals surface area contributed by atoms with E-state index in [0.29, 0.717) is 39.8 Å². The van der Waals surface area contributed by atoms with Gasteiger partial charge in [-0.05, 0) is 31.9 Å². The molecule has 1 aliphatic rings. The minimum absolute atomic E-state index is 0.217. The fourth-order valence-electron chi connectivity index (χ4n) is 3.79. The number of imidazole rings is 1.